The third-order valence-corrected chi connectivity index (χ3v) is 5.33. The van der Waals surface area contributed by atoms with Crippen molar-refractivity contribution in [2.24, 2.45) is 5.92 Å². The van der Waals surface area contributed by atoms with Crippen LogP contribution in [-0.2, 0) is 16.6 Å². The molecule has 1 aliphatic heterocycles. The first-order valence-corrected chi connectivity index (χ1v) is 8.48. The van der Waals surface area contributed by atoms with E-state index in [2.05, 4.69) is 9.62 Å². The van der Waals surface area contributed by atoms with Crippen molar-refractivity contribution < 1.29 is 17.9 Å². The summed E-state index contributed by atoms with van der Waals surface area (Å²) in [5.41, 5.74) is 0.349. The highest BCUT2D eigenvalue weighted by atomic mass is 32.2. The van der Waals surface area contributed by atoms with Gasteiger partial charge in [0, 0.05) is 6.54 Å². The Hall–Kier alpha value is -1.02. The van der Waals surface area contributed by atoms with Gasteiger partial charge < -0.3 is 10.0 Å². The summed E-state index contributed by atoms with van der Waals surface area (Å²) < 4.78 is 40.6. The second-order valence-corrected chi connectivity index (χ2v) is 7.26. The number of hydrogen-bond donors (Lipinski definition) is 2. The number of nitrogens with one attached hydrogen (secondary N) is 1. The molecule has 7 heteroatoms. The highest BCUT2D eigenvalue weighted by molar-refractivity contribution is 7.89. The van der Waals surface area contributed by atoms with Gasteiger partial charge >= 0.3 is 0 Å². The number of halogens is 1. The summed E-state index contributed by atoms with van der Waals surface area (Å²) in [6.45, 7) is 1.91. The standard InChI is InChI=1S/C14H21FN2O3S/c1-17-6-4-11(5-7-17)9-16-21(19,20)14-3-2-12(10-18)8-13(14)15/h2-3,8,11,16,18H,4-7,9-10H2,1H3. The molecule has 0 atom stereocenters. The third kappa shape index (κ3) is 4.23. The lowest BCUT2D eigenvalue weighted by Gasteiger charge is -2.28. The SMILES string of the molecule is CN1CCC(CNS(=O)(=O)c2ccc(CO)cc2F)CC1. The average Bonchev–Trinajstić information content (AvgIpc) is 2.46. The predicted octanol–water partition coefficient (Wildman–Crippen LogP) is 0.938. The number of hydrogen-bond acceptors (Lipinski definition) is 4. The molecule has 0 aliphatic carbocycles. The van der Waals surface area contributed by atoms with E-state index in [1.165, 1.54) is 12.1 Å². The largest absolute Gasteiger partial charge is 0.392 e. The lowest BCUT2D eigenvalue weighted by Crippen LogP contribution is -2.37. The molecule has 2 rings (SSSR count). The van der Waals surface area contributed by atoms with Crippen molar-refractivity contribution in [2.45, 2.75) is 24.3 Å². The van der Waals surface area contributed by atoms with Gasteiger partial charge in [-0.15, -0.1) is 0 Å². The Kier molecular flexibility index (Phi) is 5.32. The fourth-order valence-electron chi connectivity index (χ4n) is 2.43. The Morgan fingerprint density at radius 2 is 2.05 bits per heavy atom. The Morgan fingerprint density at radius 3 is 2.62 bits per heavy atom. The molecule has 118 valence electrons. The number of aliphatic hydroxyl groups is 1. The van der Waals surface area contributed by atoms with Gasteiger partial charge in [-0.3, -0.25) is 0 Å². The van der Waals surface area contributed by atoms with Gasteiger partial charge in [-0.05, 0) is 56.6 Å². The number of piperidine rings is 1. The van der Waals surface area contributed by atoms with Gasteiger partial charge in [-0.2, -0.15) is 0 Å². The van der Waals surface area contributed by atoms with E-state index in [0.717, 1.165) is 32.0 Å². The quantitative estimate of drug-likeness (QED) is 0.848. The van der Waals surface area contributed by atoms with Crippen LogP contribution in [0.4, 0.5) is 4.39 Å². The minimum Gasteiger partial charge on any atom is -0.392 e. The number of aliphatic hydroxyl groups excluding tert-OH is 1. The van der Waals surface area contributed by atoms with Crippen LogP contribution < -0.4 is 4.72 Å². The second kappa shape index (κ2) is 6.83. The molecule has 0 radical (unpaired) electrons. The van der Waals surface area contributed by atoms with E-state index in [-0.39, 0.29) is 17.4 Å². The summed E-state index contributed by atoms with van der Waals surface area (Å²) in [6, 6.07) is 3.65. The van der Waals surface area contributed by atoms with Crippen molar-refractivity contribution in [1.29, 1.82) is 0 Å². The Morgan fingerprint density at radius 1 is 1.38 bits per heavy atom. The van der Waals surface area contributed by atoms with Gasteiger partial charge in [-0.1, -0.05) is 6.07 Å². The number of nitrogens with zero attached hydrogens (tertiary/aromatic N) is 1. The van der Waals surface area contributed by atoms with E-state index in [1.54, 1.807) is 0 Å². The van der Waals surface area contributed by atoms with E-state index in [4.69, 9.17) is 5.11 Å². The minimum atomic E-state index is -3.85. The molecule has 0 saturated carbocycles. The first-order valence-electron chi connectivity index (χ1n) is 7.00. The Labute approximate surface area is 124 Å². The van der Waals surface area contributed by atoms with Crippen LogP contribution >= 0.6 is 0 Å². The third-order valence-electron chi connectivity index (χ3n) is 3.87. The molecular weight excluding hydrogens is 295 g/mol. The molecule has 0 amide bonds. The van der Waals surface area contributed by atoms with E-state index in [1.807, 2.05) is 7.05 Å². The average molecular weight is 316 g/mol. The summed E-state index contributed by atoms with van der Waals surface area (Å²) in [6.07, 6.45) is 1.87. The van der Waals surface area contributed by atoms with Gasteiger partial charge in [-0.25, -0.2) is 17.5 Å². The van der Waals surface area contributed by atoms with Crippen LogP contribution in [0.1, 0.15) is 18.4 Å². The van der Waals surface area contributed by atoms with Gasteiger partial charge in [0.25, 0.3) is 0 Å². The predicted molar refractivity (Wildman–Crippen MR) is 77.7 cm³/mol. The van der Waals surface area contributed by atoms with Crippen molar-refractivity contribution >= 4 is 10.0 Å². The Bertz CT molecular complexity index is 584. The van der Waals surface area contributed by atoms with Gasteiger partial charge in [0.15, 0.2) is 0 Å². The van der Waals surface area contributed by atoms with E-state index in [0.29, 0.717) is 12.1 Å². The molecular formula is C14H21FN2O3S. The van der Waals surface area contributed by atoms with Crippen molar-refractivity contribution in [3.63, 3.8) is 0 Å². The van der Waals surface area contributed by atoms with Gasteiger partial charge in [0.2, 0.25) is 10.0 Å². The fraction of sp³-hybridized carbons (Fsp3) is 0.571. The second-order valence-electron chi connectivity index (χ2n) is 5.52. The molecule has 1 heterocycles. The summed E-state index contributed by atoms with van der Waals surface area (Å²) in [7, 11) is -1.81. The van der Waals surface area contributed by atoms with E-state index in [9.17, 15) is 12.8 Å². The van der Waals surface area contributed by atoms with E-state index < -0.39 is 15.8 Å². The maximum atomic E-state index is 13.8. The van der Waals surface area contributed by atoms with Crippen LogP contribution in [0.25, 0.3) is 0 Å². The normalized spacial score (nSPS) is 18.0. The zero-order valence-electron chi connectivity index (χ0n) is 12.0. The zero-order chi connectivity index (χ0) is 15.5. The molecule has 1 saturated heterocycles. The first kappa shape index (κ1) is 16.4. The van der Waals surface area contributed by atoms with Gasteiger partial charge in [0.05, 0.1) is 6.61 Å². The number of benzene rings is 1. The molecule has 1 fully saturated rings. The highest BCUT2D eigenvalue weighted by Crippen LogP contribution is 2.18. The zero-order valence-corrected chi connectivity index (χ0v) is 12.9. The molecule has 1 aromatic rings. The lowest BCUT2D eigenvalue weighted by molar-refractivity contribution is 0.220. The number of likely N-dealkylation sites (tertiary alicyclic amines) is 1. The van der Waals surface area contributed by atoms with Crippen LogP contribution in [0.3, 0.4) is 0 Å². The molecule has 0 bridgehead atoms. The summed E-state index contributed by atoms with van der Waals surface area (Å²) in [5, 5.41) is 8.91. The number of sulfonamides is 1. The highest BCUT2D eigenvalue weighted by Gasteiger charge is 2.22. The fourth-order valence-corrected chi connectivity index (χ4v) is 3.61. The van der Waals surface area contributed by atoms with Crippen molar-refractivity contribution in [3.8, 4) is 0 Å². The smallest absolute Gasteiger partial charge is 0.243 e. The summed E-state index contributed by atoms with van der Waals surface area (Å²) in [5.74, 6) is -0.548. The molecule has 21 heavy (non-hydrogen) atoms. The summed E-state index contributed by atoms with van der Waals surface area (Å²) >= 11 is 0. The maximum Gasteiger partial charge on any atom is 0.243 e. The van der Waals surface area contributed by atoms with E-state index >= 15 is 0 Å². The Balaban J connectivity index is 2.01. The van der Waals surface area contributed by atoms with Crippen LogP contribution in [0.2, 0.25) is 0 Å². The van der Waals surface area contributed by atoms with Crippen molar-refractivity contribution in [1.82, 2.24) is 9.62 Å². The molecule has 2 N–H and O–H groups in total. The molecule has 1 aliphatic rings. The maximum absolute atomic E-state index is 13.8. The number of rotatable bonds is 5. The van der Waals surface area contributed by atoms with Crippen LogP contribution in [0.15, 0.2) is 23.1 Å². The molecule has 0 unspecified atom stereocenters. The first-order chi connectivity index (χ1) is 9.92. The van der Waals surface area contributed by atoms with Crippen molar-refractivity contribution in [2.75, 3.05) is 26.7 Å². The molecule has 1 aromatic carbocycles. The summed E-state index contributed by atoms with van der Waals surface area (Å²) in [4.78, 5) is 1.84. The molecule has 0 aromatic heterocycles. The monoisotopic (exact) mass is 316 g/mol. The lowest BCUT2D eigenvalue weighted by atomic mass is 9.98. The topological polar surface area (TPSA) is 69.6 Å². The van der Waals surface area contributed by atoms with Gasteiger partial charge in [0.1, 0.15) is 10.7 Å². The van der Waals surface area contributed by atoms with Crippen LogP contribution in [-0.4, -0.2) is 45.1 Å². The molecule has 5 nitrogen and oxygen atoms in total. The van der Waals surface area contributed by atoms with Crippen LogP contribution in [0, 0.1) is 11.7 Å². The van der Waals surface area contributed by atoms with Crippen LogP contribution in [0.5, 0.6) is 0 Å². The molecule has 0 spiro atoms. The minimum absolute atomic E-state index is 0.288. The van der Waals surface area contributed by atoms with Crippen molar-refractivity contribution in [3.05, 3.63) is 29.6 Å².